The van der Waals surface area contributed by atoms with Crippen LogP contribution < -0.4 is 10.2 Å². The molecule has 6 heteroatoms. The first kappa shape index (κ1) is 17.9. The first-order valence-electron chi connectivity index (χ1n) is 9.81. The highest BCUT2D eigenvalue weighted by Gasteiger charge is 2.38. The van der Waals surface area contributed by atoms with Gasteiger partial charge in [-0.15, -0.1) is 0 Å². The Morgan fingerprint density at radius 3 is 2.85 bits per heavy atom. The van der Waals surface area contributed by atoms with Crippen molar-refractivity contribution in [1.29, 1.82) is 0 Å². The van der Waals surface area contributed by atoms with Gasteiger partial charge in [-0.05, 0) is 48.6 Å². The molecule has 4 rings (SSSR count). The van der Waals surface area contributed by atoms with Gasteiger partial charge in [-0.1, -0.05) is 6.42 Å². The van der Waals surface area contributed by atoms with Crippen LogP contribution in [0.1, 0.15) is 31.7 Å². The summed E-state index contributed by atoms with van der Waals surface area (Å²) in [5.41, 5.74) is 2.13. The molecule has 1 amide bonds. The van der Waals surface area contributed by atoms with Gasteiger partial charge in [0.1, 0.15) is 0 Å². The molecule has 1 N–H and O–H groups in total. The Morgan fingerprint density at radius 2 is 2.04 bits per heavy atom. The minimum Gasteiger partial charge on any atom is -0.350 e. The number of likely N-dealkylation sites (tertiary alicyclic amines) is 1. The molecule has 0 spiro atoms. The van der Waals surface area contributed by atoms with Crippen LogP contribution in [0.15, 0.2) is 42.9 Å². The van der Waals surface area contributed by atoms with Crippen LogP contribution in [-0.2, 0) is 11.3 Å². The average molecular weight is 365 g/mol. The minimum absolute atomic E-state index is 0.0543. The maximum Gasteiger partial charge on any atom is 0.221 e. The molecule has 0 saturated carbocycles. The number of hydrogen-bond donors (Lipinski definition) is 1. The van der Waals surface area contributed by atoms with Crippen molar-refractivity contribution in [2.45, 2.75) is 38.8 Å². The lowest BCUT2D eigenvalue weighted by Crippen LogP contribution is -2.41. The van der Waals surface area contributed by atoms with Gasteiger partial charge in [-0.25, -0.2) is 4.98 Å². The molecule has 0 bridgehead atoms. The van der Waals surface area contributed by atoms with Crippen molar-refractivity contribution in [3.05, 3.63) is 48.4 Å². The number of hydrogen-bond acceptors (Lipinski definition) is 5. The number of fused-ring (bicyclic) bond motifs is 1. The first-order valence-corrected chi connectivity index (χ1v) is 9.81. The van der Waals surface area contributed by atoms with Crippen LogP contribution in [0.5, 0.6) is 0 Å². The van der Waals surface area contributed by atoms with E-state index in [2.05, 4.69) is 37.2 Å². The lowest BCUT2D eigenvalue weighted by atomic mass is 9.98. The zero-order valence-electron chi connectivity index (χ0n) is 15.8. The van der Waals surface area contributed by atoms with E-state index >= 15 is 0 Å². The number of aromatic nitrogens is 2. The molecule has 2 aromatic heterocycles. The number of nitrogens with one attached hydrogen (secondary N) is 1. The predicted molar refractivity (Wildman–Crippen MR) is 107 cm³/mol. The maximum atomic E-state index is 11.6. The van der Waals surface area contributed by atoms with Gasteiger partial charge in [0.15, 0.2) is 5.82 Å². The predicted octanol–water partition coefficient (Wildman–Crippen LogP) is 2.93. The molecule has 4 heterocycles. The maximum absolute atomic E-state index is 11.6. The van der Waals surface area contributed by atoms with Gasteiger partial charge >= 0.3 is 0 Å². The molecule has 6 nitrogen and oxygen atoms in total. The quantitative estimate of drug-likeness (QED) is 0.903. The summed E-state index contributed by atoms with van der Waals surface area (Å²) in [5, 5.41) is 2.96. The van der Waals surface area contributed by atoms with Gasteiger partial charge in [0.2, 0.25) is 5.91 Å². The lowest BCUT2D eigenvalue weighted by molar-refractivity contribution is -0.114. The van der Waals surface area contributed by atoms with Crippen molar-refractivity contribution >= 4 is 17.4 Å². The van der Waals surface area contributed by atoms with Crippen LogP contribution in [0.3, 0.4) is 0 Å². The Hall–Kier alpha value is -2.47. The molecule has 0 radical (unpaired) electrons. The van der Waals surface area contributed by atoms with Crippen molar-refractivity contribution in [1.82, 2.24) is 14.9 Å². The molecule has 2 saturated heterocycles. The molecule has 0 unspecified atom stereocenters. The number of amides is 1. The van der Waals surface area contributed by atoms with Gasteiger partial charge < -0.3 is 10.2 Å². The van der Waals surface area contributed by atoms with Crippen LogP contribution in [0.2, 0.25) is 0 Å². The molecule has 2 atom stereocenters. The summed E-state index contributed by atoms with van der Waals surface area (Å²) >= 11 is 0. The van der Waals surface area contributed by atoms with E-state index in [0.717, 1.165) is 37.7 Å². The van der Waals surface area contributed by atoms with Crippen LogP contribution in [0, 0.1) is 5.92 Å². The smallest absolute Gasteiger partial charge is 0.221 e. The summed E-state index contributed by atoms with van der Waals surface area (Å²) in [4.78, 5) is 25.4. The molecule has 2 aliphatic heterocycles. The molecule has 2 fully saturated rings. The van der Waals surface area contributed by atoms with E-state index in [4.69, 9.17) is 0 Å². The highest BCUT2D eigenvalue weighted by atomic mass is 16.1. The van der Waals surface area contributed by atoms with Gasteiger partial charge in [-0.3, -0.25) is 14.7 Å². The normalized spacial score (nSPS) is 22.9. The molecule has 2 aliphatic rings. The second kappa shape index (κ2) is 8.05. The molecule has 0 aromatic carbocycles. The second-order valence-electron chi connectivity index (χ2n) is 7.62. The summed E-state index contributed by atoms with van der Waals surface area (Å²) < 4.78 is 0. The number of carbonyl (C=O) groups is 1. The number of pyridine rings is 2. The zero-order valence-corrected chi connectivity index (χ0v) is 15.8. The monoisotopic (exact) mass is 365 g/mol. The van der Waals surface area contributed by atoms with Gasteiger partial charge in [0.25, 0.3) is 0 Å². The van der Waals surface area contributed by atoms with E-state index in [1.54, 1.807) is 6.92 Å². The van der Waals surface area contributed by atoms with Crippen molar-refractivity contribution < 1.29 is 4.79 Å². The fraction of sp³-hybridized carbons (Fsp3) is 0.476. The molecule has 27 heavy (non-hydrogen) atoms. The third-order valence-electron chi connectivity index (χ3n) is 5.63. The van der Waals surface area contributed by atoms with E-state index in [-0.39, 0.29) is 5.91 Å². The van der Waals surface area contributed by atoms with Crippen LogP contribution in [0.4, 0.5) is 11.5 Å². The third kappa shape index (κ3) is 4.11. The van der Waals surface area contributed by atoms with Crippen LogP contribution in [-0.4, -0.2) is 46.5 Å². The largest absolute Gasteiger partial charge is 0.350 e. The Kier molecular flexibility index (Phi) is 5.34. The Bertz CT molecular complexity index is 781. The highest BCUT2D eigenvalue weighted by Crippen LogP contribution is 2.35. The number of rotatable bonds is 4. The number of anilines is 2. The van der Waals surface area contributed by atoms with E-state index in [1.165, 1.54) is 24.8 Å². The summed E-state index contributed by atoms with van der Waals surface area (Å²) in [6.45, 7) is 5.65. The van der Waals surface area contributed by atoms with E-state index in [0.29, 0.717) is 12.0 Å². The third-order valence-corrected chi connectivity index (χ3v) is 5.63. The number of carbonyl (C=O) groups excluding carboxylic acids is 1. The lowest BCUT2D eigenvalue weighted by Gasteiger charge is -2.32. The fourth-order valence-electron chi connectivity index (χ4n) is 4.48. The zero-order chi connectivity index (χ0) is 18.6. The van der Waals surface area contributed by atoms with Crippen LogP contribution >= 0.6 is 0 Å². The van der Waals surface area contributed by atoms with Gasteiger partial charge in [0.05, 0.1) is 5.69 Å². The van der Waals surface area contributed by atoms with Gasteiger partial charge in [-0.2, -0.15) is 0 Å². The average Bonchev–Trinajstić information content (AvgIpc) is 2.95. The summed E-state index contributed by atoms with van der Waals surface area (Å²) in [6, 6.07) is 8.47. The highest BCUT2D eigenvalue weighted by molar-refractivity contribution is 5.92. The number of nitrogens with zero attached hydrogens (tertiary/aromatic N) is 4. The second-order valence-corrected chi connectivity index (χ2v) is 7.62. The summed E-state index contributed by atoms with van der Waals surface area (Å²) in [7, 11) is 0. The summed E-state index contributed by atoms with van der Waals surface area (Å²) in [5.74, 6) is 1.50. The van der Waals surface area contributed by atoms with Gasteiger partial charge in [0, 0.05) is 57.7 Å². The fourth-order valence-corrected chi connectivity index (χ4v) is 4.48. The molecular weight excluding hydrogens is 338 g/mol. The Labute approximate surface area is 160 Å². The Morgan fingerprint density at radius 1 is 1.19 bits per heavy atom. The Balaban J connectivity index is 1.56. The van der Waals surface area contributed by atoms with Crippen molar-refractivity contribution in [3.63, 3.8) is 0 Å². The SMILES string of the molecule is CC(=O)Nc1cccnc1N1CCCC[C@@H]2CN(Cc3ccncc3)C[C@@H]21. The standard InChI is InChI=1S/C21H27N5O/c1-16(27)24-19-6-4-9-23-21(19)26-12-3-2-5-18-14-25(15-20(18)26)13-17-7-10-22-11-8-17/h4,6-11,18,20H,2-3,5,12-15H2,1H3,(H,24,27)/t18-,20+/m1/s1. The van der Waals surface area contributed by atoms with E-state index in [1.807, 2.05) is 30.7 Å². The first-order chi connectivity index (χ1) is 13.2. The van der Waals surface area contributed by atoms with Crippen molar-refractivity contribution in [2.24, 2.45) is 5.92 Å². The topological polar surface area (TPSA) is 61.4 Å². The van der Waals surface area contributed by atoms with E-state index < -0.39 is 0 Å². The van der Waals surface area contributed by atoms with Crippen molar-refractivity contribution in [3.8, 4) is 0 Å². The van der Waals surface area contributed by atoms with Crippen LogP contribution in [0.25, 0.3) is 0 Å². The molecule has 0 aliphatic carbocycles. The van der Waals surface area contributed by atoms with E-state index in [9.17, 15) is 4.79 Å². The molecule has 2 aromatic rings. The molecular formula is C21H27N5O. The summed E-state index contributed by atoms with van der Waals surface area (Å²) in [6.07, 6.45) is 9.24. The molecule has 142 valence electrons. The minimum atomic E-state index is -0.0543. The van der Waals surface area contributed by atoms with Crippen molar-refractivity contribution in [2.75, 3.05) is 29.9 Å².